The van der Waals surface area contributed by atoms with E-state index in [1.165, 1.54) is 0 Å². The lowest BCUT2D eigenvalue weighted by atomic mass is 10.1. The monoisotopic (exact) mass is 291 g/mol. The van der Waals surface area contributed by atoms with Crippen LogP contribution in [-0.4, -0.2) is 24.3 Å². The minimum absolute atomic E-state index is 0.0987. The molecule has 1 aliphatic heterocycles. The van der Waals surface area contributed by atoms with Crippen LogP contribution in [0.25, 0.3) is 0 Å². The molecule has 1 fully saturated rings. The van der Waals surface area contributed by atoms with Crippen LogP contribution in [0.15, 0.2) is 6.07 Å². The van der Waals surface area contributed by atoms with Gasteiger partial charge in [0.15, 0.2) is 5.82 Å². The van der Waals surface area contributed by atoms with E-state index in [-0.39, 0.29) is 6.10 Å². The fourth-order valence-electron chi connectivity index (χ4n) is 1.76. The van der Waals surface area contributed by atoms with E-state index in [2.05, 4.69) is 10.4 Å². The van der Waals surface area contributed by atoms with Gasteiger partial charge in [-0.25, -0.2) is 5.84 Å². The van der Waals surface area contributed by atoms with Crippen LogP contribution in [-0.2, 0) is 4.74 Å². The molecule has 2 heterocycles. The number of hydrazine groups is 1. The Kier molecular flexibility index (Phi) is 4.88. The van der Waals surface area contributed by atoms with E-state index in [1.807, 2.05) is 0 Å². The molecule has 7 heteroatoms. The van der Waals surface area contributed by atoms with E-state index in [0.717, 1.165) is 25.9 Å². The van der Waals surface area contributed by atoms with Crippen molar-refractivity contribution in [3.8, 4) is 5.88 Å². The molecule has 3 N–H and O–H groups in total. The predicted octanol–water partition coefficient (Wildman–Crippen LogP) is 2.62. The molecule has 1 aliphatic rings. The molecule has 0 amide bonds. The number of hydrogen-bond donors (Lipinski definition) is 2. The SMILES string of the molecule is NNc1nc(OCC2CCCCO2)c(Cl)cc1Cl. The smallest absolute Gasteiger partial charge is 0.234 e. The first-order chi connectivity index (χ1) is 8.70. The van der Waals surface area contributed by atoms with Gasteiger partial charge in [0.1, 0.15) is 11.6 Å². The standard InChI is InChI=1S/C11H15Cl2N3O2/c12-8-5-9(13)11(15-10(8)16-14)18-6-7-3-1-2-4-17-7/h5,7H,1-4,6,14H2,(H,15,16). The number of nitrogen functional groups attached to an aromatic ring is 1. The summed E-state index contributed by atoms with van der Waals surface area (Å²) < 4.78 is 11.1. The lowest BCUT2D eigenvalue weighted by Gasteiger charge is -2.22. The summed E-state index contributed by atoms with van der Waals surface area (Å²) in [5, 5.41) is 0.707. The zero-order chi connectivity index (χ0) is 13.0. The number of nitrogens with zero attached hydrogens (tertiary/aromatic N) is 1. The Morgan fingerprint density at radius 3 is 2.94 bits per heavy atom. The van der Waals surface area contributed by atoms with Crippen LogP contribution in [0.4, 0.5) is 5.82 Å². The van der Waals surface area contributed by atoms with Crippen molar-refractivity contribution in [2.75, 3.05) is 18.6 Å². The summed E-state index contributed by atoms with van der Waals surface area (Å²) in [5.74, 6) is 5.93. The van der Waals surface area contributed by atoms with Crippen molar-refractivity contribution in [1.29, 1.82) is 0 Å². The van der Waals surface area contributed by atoms with Crippen molar-refractivity contribution in [3.05, 3.63) is 16.1 Å². The first-order valence-electron chi connectivity index (χ1n) is 5.77. The van der Waals surface area contributed by atoms with Crippen LogP contribution in [0.3, 0.4) is 0 Å². The Labute approximate surface area is 116 Å². The zero-order valence-electron chi connectivity index (χ0n) is 9.79. The van der Waals surface area contributed by atoms with Crippen molar-refractivity contribution in [1.82, 2.24) is 4.98 Å². The quantitative estimate of drug-likeness (QED) is 0.659. The van der Waals surface area contributed by atoms with E-state index in [9.17, 15) is 0 Å². The normalized spacial score (nSPS) is 19.6. The number of hydrogen-bond acceptors (Lipinski definition) is 5. The average molecular weight is 292 g/mol. The highest BCUT2D eigenvalue weighted by Crippen LogP contribution is 2.30. The molecule has 0 aliphatic carbocycles. The summed E-state index contributed by atoms with van der Waals surface area (Å²) in [6.07, 6.45) is 3.36. The molecule has 0 saturated carbocycles. The van der Waals surface area contributed by atoms with Crippen molar-refractivity contribution < 1.29 is 9.47 Å². The number of rotatable bonds is 4. The van der Waals surface area contributed by atoms with Gasteiger partial charge in [-0.2, -0.15) is 4.98 Å². The second-order valence-electron chi connectivity index (χ2n) is 4.05. The Morgan fingerprint density at radius 2 is 2.28 bits per heavy atom. The van der Waals surface area contributed by atoms with Gasteiger partial charge in [0.2, 0.25) is 5.88 Å². The maximum Gasteiger partial charge on any atom is 0.234 e. The van der Waals surface area contributed by atoms with Gasteiger partial charge in [0, 0.05) is 6.61 Å². The Balaban J connectivity index is 1.99. The third-order valence-corrected chi connectivity index (χ3v) is 3.27. The van der Waals surface area contributed by atoms with Gasteiger partial charge in [-0.15, -0.1) is 0 Å². The zero-order valence-corrected chi connectivity index (χ0v) is 11.3. The van der Waals surface area contributed by atoms with Crippen LogP contribution < -0.4 is 16.0 Å². The molecule has 1 aromatic rings. The van der Waals surface area contributed by atoms with E-state index < -0.39 is 0 Å². The Bertz CT molecular complexity index is 412. The molecule has 0 aromatic carbocycles. The molecule has 2 rings (SSSR count). The average Bonchev–Trinajstić information content (AvgIpc) is 2.39. The van der Waals surface area contributed by atoms with Crippen LogP contribution in [0, 0.1) is 0 Å². The molecule has 5 nitrogen and oxygen atoms in total. The van der Waals surface area contributed by atoms with Gasteiger partial charge in [-0.05, 0) is 25.3 Å². The summed E-state index contributed by atoms with van der Waals surface area (Å²) in [6.45, 7) is 1.21. The molecule has 0 radical (unpaired) electrons. The van der Waals surface area contributed by atoms with E-state index in [4.69, 9.17) is 38.5 Å². The fourth-order valence-corrected chi connectivity index (χ4v) is 2.23. The van der Waals surface area contributed by atoms with Gasteiger partial charge in [0.05, 0.1) is 11.1 Å². The van der Waals surface area contributed by atoms with E-state index >= 15 is 0 Å². The van der Waals surface area contributed by atoms with Crippen molar-refractivity contribution >= 4 is 29.0 Å². The van der Waals surface area contributed by atoms with Crippen molar-refractivity contribution in [3.63, 3.8) is 0 Å². The molecular weight excluding hydrogens is 277 g/mol. The second kappa shape index (κ2) is 6.43. The molecule has 1 unspecified atom stereocenters. The number of nitrogens with two attached hydrogens (primary N) is 1. The third-order valence-electron chi connectivity index (χ3n) is 2.71. The molecule has 0 spiro atoms. The van der Waals surface area contributed by atoms with E-state index in [1.54, 1.807) is 6.07 Å². The number of aromatic nitrogens is 1. The molecule has 1 atom stereocenters. The minimum Gasteiger partial charge on any atom is -0.474 e. The van der Waals surface area contributed by atoms with E-state index in [0.29, 0.717) is 28.3 Å². The number of anilines is 1. The van der Waals surface area contributed by atoms with Gasteiger partial charge >= 0.3 is 0 Å². The Morgan fingerprint density at radius 1 is 1.44 bits per heavy atom. The summed E-state index contributed by atoms with van der Waals surface area (Å²) >= 11 is 11.9. The number of nitrogens with one attached hydrogen (secondary N) is 1. The third kappa shape index (κ3) is 3.38. The number of pyridine rings is 1. The maximum atomic E-state index is 5.99. The second-order valence-corrected chi connectivity index (χ2v) is 4.86. The summed E-state index contributed by atoms with van der Waals surface area (Å²) in [7, 11) is 0. The van der Waals surface area contributed by atoms with Crippen molar-refractivity contribution in [2.45, 2.75) is 25.4 Å². The molecule has 100 valence electrons. The van der Waals surface area contributed by atoms with Crippen LogP contribution in [0.5, 0.6) is 5.88 Å². The summed E-state index contributed by atoms with van der Waals surface area (Å²) in [6, 6.07) is 1.54. The molecule has 0 bridgehead atoms. The molecule has 1 aromatic heterocycles. The first-order valence-corrected chi connectivity index (χ1v) is 6.53. The van der Waals surface area contributed by atoms with Gasteiger partial charge in [0.25, 0.3) is 0 Å². The lowest BCUT2D eigenvalue weighted by molar-refractivity contribution is -0.0118. The maximum absolute atomic E-state index is 5.99. The highest BCUT2D eigenvalue weighted by atomic mass is 35.5. The van der Waals surface area contributed by atoms with Crippen molar-refractivity contribution in [2.24, 2.45) is 5.84 Å². The summed E-state index contributed by atoms with van der Waals surface area (Å²) in [5.41, 5.74) is 2.39. The van der Waals surface area contributed by atoms with Gasteiger partial charge in [-0.3, -0.25) is 0 Å². The molecular formula is C11H15Cl2N3O2. The first kappa shape index (κ1) is 13.7. The number of ether oxygens (including phenoxy) is 2. The molecule has 18 heavy (non-hydrogen) atoms. The largest absolute Gasteiger partial charge is 0.474 e. The number of halogens is 2. The summed E-state index contributed by atoms with van der Waals surface area (Å²) in [4.78, 5) is 4.10. The predicted molar refractivity (Wildman–Crippen MR) is 71.2 cm³/mol. The lowest BCUT2D eigenvalue weighted by Crippen LogP contribution is -2.26. The van der Waals surface area contributed by atoms with Crippen LogP contribution in [0.2, 0.25) is 10.0 Å². The fraction of sp³-hybridized carbons (Fsp3) is 0.545. The minimum atomic E-state index is 0.0987. The topological polar surface area (TPSA) is 69.4 Å². The Hall–Kier alpha value is -0.750. The van der Waals surface area contributed by atoms with Gasteiger partial charge < -0.3 is 14.9 Å². The van der Waals surface area contributed by atoms with Gasteiger partial charge in [-0.1, -0.05) is 23.2 Å². The highest BCUT2D eigenvalue weighted by Gasteiger charge is 2.16. The van der Waals surface area contributed by atoms with Crippen LogP contribution >= 0.6 is 23.2 Å². The van der Waals surface area contributed by atoms with Crippen LogP contribution in [0.1, 0.15) is 19.3 Å². The highest BCUT2D eigenvalue weighted by molar-refractivity contribution is 6.36. The molecule has 1 saturated heterocycles.